The van der Waals surface area contributed by atoms with Crippen LogP contribution in [-0.4, -0.2) is 17.9 Å². The molecular formula is C14H15F2N3OS. The number of aryl methyl sites for hydroxylation is 1. The van der Waals surface area contributed by atoms with E-state index in [1.165, 1.54) is 24.3 Å². The number of rotatable bonds is 4. The zero-order valence-electron chi connectivity index (χ0n) is 11.8. The van der Waals surface area contributed by atoms with Gasteiger partial charge in [0.25, 0.3) is 5.91 Å². The largest absolute Gasteiger partial charge is 0.312 e. The van der Waals surface area contributed by atoms with E-state index in [1.54, 1.807) is 12.4 Å². The lowest BCUT2D eigenvalue weighted by Gasteiger charge is -2.07. The van der Waals surface area contributed by atoms with Gasteiger partial charge in [-0.3, -0.25) is 10.1 Å². The lowest BCUT2D eigenvalue weighted by atomic mass is 10.1. The molecule has 1 amide bonds. The minimum atomic E-state index is -0.893. The van der Waals surface area contributed by atoms with Gasteiger partial charge in [-0.15, -0.1) is 11.3 Å². The van der Waals surface area contributed by atoms with Gasteiger partial charge in [0.2, 0.25) is 0 Å². The van der Waals surface area contributed by atoms with E-state index in [0.29, 0.717) is 5.13 Å². The van der Waals surface area contributed by atoms with Gasteiger partial charge in [-0.25, -0.2) is 13.8 Å². The first-order valence-electron chi connectivity index (χ1n) is 6.32. The molecule has 1 aromatic carbocycles. The molecule has 2 aromatic rings. The number of nitrogens with zero attached hydrogens (tertiary/aromatic N) is 1. The van der Waals surface area contributed by atoms with Crippen LogP contribution < -0.4 is 10.6 Å². The van der Waals surface area contributed by atoms with E-state index in [4.69, 9.17) is 0 Å². The number of amides is 1. The summed E-state index contributed by atoms with van der Waals surface area (Å²) in [5.41, 5.74) is 0.376. The molecule has 4 nitrogen and oxygen atoms in total. The number of benzene rings is 1. The van der Waals surface area contributed by atoms with Gasteiger partial charge in [-0.1, -0.05) is 6.07 Å². The molecule has 1 unspecified atom stereocenters. The van der Waals surface area contributed by atoms with Crippen molar-refractivity contribution >= 4 is 22.4 Å². The number of carbonyl (C=O) groups is 1. The maximum absolute atomic E-state index is 13.9. The van der Waals surface area contributed by atoms with Crippen molar-refractivity contribution in [3.05, 3.63) is 46.0 Å². The Morgan fingerprint density at radius 3 is 2.76 bits per heavy atom. The van der Waals surface area contributed by atoms with Crippen LogP contribution >= 0.6 is 11.3 Å². The number of hydrogen-bond acceptors (Lipinski definition) is 4. The van der Waals surface area contributed by atoms with Crippen LogP contribution in [-0.2, 0) is 0 Å². The van der Waals surface area contributed by atoms with Crippen LogP contribution in [0, 0.1) is 18.6 Å². The second-order valence-corrected chi connectivity index (χ2v) is 5.45. The Morgan fingerprint density at radius 1 is 1.38 bits per heavy atom. The fourth-order valence-corrected chi connectivity index (χ4v) is 2.51. The average Bonchev–Trinajstić information content (AvgIpc) is 2.91. The van der Waals surface area contributed by atoms with Crippen LogP contribution in [0.3, 0.4) is 0 Å². The zero-order valence-corrected chi connectivity index (χ0v) is 12.6. The number of hydrogen-bond donors (Lipinski definition) is 2. The Bertz CT molecular complexity index is 672. The SMILES string of the molecule is CNC(C)c1csc(NC(=O)c2c(F)ccc(C)c2F)n1. The van der Waals surface area contributed by atoms with Crippen LogP contribution in [0.25, 0.3) is 0 Å². The zero-order chi connectivity index (χ0) is 15.6. The van der Waals surface area contributed by atoms with E-state index >= 15 is 0 Å². The van der Waals surface area contributed by atoms with Gasteiger partial charge in [0.1, 0.15) is 17.2 Å². The average molecular weight is 311 g/mol. The second kappa shape index (κ2) is 6.28. The Kier molecular flexibility index (Phi) is 4.64. The molecule has 0 saturated heterocycles. The standard InChI is InChI=1S/C14H15F2N3OS/c1-7-4-5-9(15)11(12(7)16)13(20)19-14-18-10(6-21-14)8(2)17-3/h4-6,8,17H,1-3H3,(H,18,19,20). The molecule has 0 fully saturated rings. The molecule has 112 valence electrons. The fourth-order valence-electron chi connectivity index (χ4n) is 1.71. The molecule has 1 atom stereocenters. The normalized spacial score (nSPS) is 12.2. The van der Waals surface area contributed by atoms with Gasteiger partial charge >= 0.3 is 0 Å². The molecule has 1 heterocycles. The molecule has 21 heavy (non-hydrogen) atoms. The van der Waals surface area contributed by atoms with Crippen molar-refractivity contribution in [1.82, 2.24) is 10.3 Å². The van der Waals surface area contributed by atoms with Crippen LogP contribution in [0.5, 0.6) is 0 Å². The molecule has 0 bridgehead atoms. The maximum Gasteiger partial charge on any atom is 0.263 e. The minimum Gasteiger partial charge on any atom is -0.312 e. The summed E-state index contributed by atoms with van der Waals surface area (Å²) in [5, 5.41) is 7.52. The summed E-state index contributed by atoms with van der Waals surface area (Å²) in [6, 6.07) is 2.39. The van der Waals surface area contributed by atoms with Gasteiger partial charge in [0.05, 0.1) is 5.69 Å². The van der Waals surface area contributed by atoms with Crippen molar-refractivity contribution < 1.29 is 13.6 Å². The number of thiazole rings is 1. The minimum absolute atomic E-state index is 0.0272. The van der Waals surface area contributed by atoms with Gasteiger partial charge in [-0.05, 0) is 32.5 Å². The highest BCUT2D eigenvalue weighted by Gasteiger charge is 2.20. The summed E-state index contributed by atoms with van der Waals surface area (Å²) in [6.45, 7) is 3.39. The Hall–Kier alpha value is -1.86. The molecule has 0 saturated carbocycles. The summed E-state index contributed by atoms with van der Waals surface area (Å²) in [6.07, 6.45) is 0. The summed E-state index contributed by atoms with van der Waals surface area (Å²) in [4.78, 5) is 16.2. The molecule has 1 aromatic heterocycles. The highest BCUT2D eigenvalue weighted by molar-refractivity contribution is 7.14. The molecule has 0 aliphatic heterocycles. The highest BCUT2D eigenvalue weighted by atomic mass is 32.1. The highest BCUT2D eigenvalue weighted by Crippen LogP contribution is 2.22. The quantitative estimate of drug-likeness (QED) is 0.911. The number of nitrogens with one attached hydrogen (secondary N) is 2. The van der Waals surface area contributed by atoms with E-state index in [0.717, 1.165) is 11.8 Å². The number of aromatic nitrogens is 1. The monoisotopic (exact) mass is 311 g/mol. The first kappa shape index (κ1) is 15.5. The van der Waals surface area contributed by atoms with Crippen molar-refractivity contribution in [2.75, 3.05) is 12.4 Å². The first-order valence-corrected chi connectivity index (χ1v) is 7.20. The number of anilines is 1. The topological polar surface area (TPSA) is 54.0 Å². The smallest absolute Gasteiger partial charge is 0.263 e. The lowest BCUT2D eigenvalue weighted by molar-refractivity contribution is 0.101. The predicted octanol–water partition coefficient (Wildman–Crippen LogP) is 3.26. The van der Waals surface area contributed by atoms with Crippen molar-refractivity contribution in [2.24, 2.45) is 0 Å². The van der Waals surface area contributed by atoms with E-state index in [9.17, 15) is 13.6 Å². The van der Waals surface area contributed by atoms with Crippen LogP contribution in [0.2, 0.25) is 0 Å². The van der Waals surface area contributed by atoms with E-state index < -0.39 is 23.1 Å². The summed E-state index contributed by atoms with van der Waals surface area (Å²) >= 11 is 1.20. The van der Waals surface area contributed by atoms with Crippen molar-refractivity contribution in [1.29, 1.82) is 0 Å². The Balaban J connectivity index is 2.23. The van der Waals surface area contributed by atoms with E-state index in [-0.39, 0.29) is 11.6 Å². The van der Waals surface area contributed by atoms with Gasteiger partial charge < -0.3 is 5.32 Å². The molecule has 2 N–H and O–H groups in total. The van der Waals surface area contributed by atoms with Gasteiger partial charge in [-0.2, -0.15) is 0 Å². The van der Waals surface area contributed by atoms with Crippen molar-refractivity contribution in [2.45, 2.75) is 19.9 Å². The fraction of sp³-hybridized carbons (Fsp3) is 0.286. The van der Waals surface area contributed by atoms with E-state index in [2.05, 4.69) is 15.6 Å². The predicted molar refractivity (Wildman–Crippen MR) is 78.6 cm³/mol. The summed E-state index contributed by atoms with van der Waals surface area (Å²) in [7, 11) is 1.79. The van der Waals surface area contributed by atoms with Gasteiger partial charge in [0, 0.05) is 11.4 Å². The lowest BCUT2D eigenvalue weighted by Crippen LogP contribution is -2.17. The molecule has 0 aliphatic rings. The molecular weight excluding hydrogens is 296 g/mol. The van der Waals surface area contributed by atoms with E-state index in [1.807, 2.05) is 6.92 Å². The van der Waals surface area contributed by atoms with Crippen LogP contribution in [0.15, 0.2) is 17.5 Å². The van der Waals surface area contributed by atoms with Crippen molar-refractivity contribution in [3.8, 4) is 0 Å². The second-order valence-electron chi connectivity index (χ2n) is 4.60. The summed E-state index contributed by atoms with van der Waals surface area (Å²) in [5.74, 6) is -2.59. The third kappa shape index (κ3) is 3.25. The number of halogens is 2. The molecule has 7 heteroatoms. The van der Waals surface area contributed by atoms with Crippen molar-refractivity contribution in [3.63, 3.8) is 0 Å². The number of carbonyl (C=O) groups excluding carboxylic acids is 1. The molecule has 2 rings (SSSR count). The Morgan fingerprint density at radius 2 is 2.10 bits per heavy atom. The maximum atomic E-state index is 13.9. The van der Waals surface area contributed by atoms with Crippen LogP contribution in [0.1, 0.15) is 34.6 Å². The summed E-state index contributed by atoms with van der Waals surface area (Å²) < 4.78 is 27.5. The molecule has 0 spiro atoms. The Labute approximate surface area is 125 Å². The molecule has 0 radical (unpaired) electrons. The third-order valence-electron chi connectivity index (χ3n) is 3.13. The van der Waals surface area contributed by atoms with Crippen LogP contribution in [0.4, 0.5) is 13.9 Å². The molecule has 0 aliphatic carbocycles. The third-order valence-corrected chi connectivity index (χ3v) is 3.91. The van der Waals surface area contributed by atoms with Gasteiger partial charge in [0.15, 0.2) is 5.13 Å². The first-order chi connectivity index (χ1) is 9.93.